The Kier molecular flexibility index (Phi) is 2.80. The molecule has 0 aliphatic rings. The monoisotopic (exact) mass is 180 g/mol. The number of halogens is 1. The summed E-state index contributed by atoms with van der Waals surface area (Å²) in [6.07, 6.45) is 0.891. The lowest BCUT2D eigenvalue weighted by atomic mass is 10.3. The summed E-state index contributed by atoms with van der Waals surface area (Å²) in [5, 5.41) is 8.61. The van der Waals surface area contributed by atoms with Crippen molar-refractivity contribution < 1.29 is 9.13 Å². The third-order valence-corrected chi connectivity index (χ3v) is 1.29. The van der Waals surface area contributed by atoms with Gasteiger partial charge in [-0.2, -0.15) is 5.26 Å². The predicted molar refractivity (Wildman–Crippen MR) is 44.7 cm³/mol. The van der Waals surface area contributed by atoms with E-state index in [1.54, 1.807) is 13.8 Å². The van der Waals surface area contributed by atoms with E-state index in [0.29, 0.717) is 0 Å². The summed E-state index contributed by atoms with van der Waals surface area (Å²) in [5.74, 6) is -0.313. The van der Waals surface area contributed by atoms with Crippen LogP contribution < -0.4 is 4.74 Å². The van der Waals surface area contributed by atoms with Crippen LogP contribution in [0.5, 0.6) is 5.75 Å². The Morgan fingerprint density at radius 2 is 2.31 bits per heavy atom. The van der Waals surface area contributed by atoms with E-state index in [-0.39, 0.29) is 17.5 Å². The Labute approximate surface area is 75.8 Å². The summed E-state index contributed by atoms with van der Waals surface area (Å²) in [7, 11) is 0. The van der Waals surface area contributed by atoms with E-state index >= 15 is 0 Å². The highest BCUT2D eigenvalue weighted by Crippen LogP contribution is 2.17. The van der Waals surface area contributed by atoms with Crippen molar-refractivity contribution in [3.05, 3.63) is 23.8 Å². The summed E-state index contributed by atoms with van der Waals surface area (Å²) in [4.78, 5) is 3.59. The lowest BCUT2D eigenvalue weighted by Crippen LogP contribution is -2.07. The van der Waals surface area contributed by atoms with Gasteiger partial charge in [0.1, 0.15) is 11.9 Å². The fraction of sp³-hybridized carbons (Fsp3) is 0.333. The summed E-state index contributed by atoms with van der Waals surface area (Å²) in [5.41, 5.74) is 0.107. The van der Waals surface area contributed by atoms with Crippen molar-refractivity contribution in [2.75, 3.05) is 0 Å². The third kappa shape index (κ3) is 2.41. The molecule has 0 saturated carbocycles. The zero-order valence-corrected chi connectivity index (χ0v) is 7.41. The Bertz CT molecular complexity index is 344. The minimum atomic E-state index is -0.505. The molecule has 0 amide bonds. The number of aromatic nitrogens is 1. The normalized spacial score (nSPS) is 9.77. The first-order valence-electron chi connectivity index (χ1n) is 3.85. The van der Waals surface area contributed by atoms with Crippen LogP contribution in [0.1, 0.15) is 19.5 Å². The number of ether oxygens (including phenoxy) is 1. The lowest BCUT2D eigenvalue weighted by Gasteiger charge is -2.09. The van der Waals surface area contributed by atoms with Gasteiger partial charge in [-0.1, -0.05) is 0 Å². The number of rotatable bonds is 2. The highest BCUT2D eigenvalue weighted by molar-refractivity contribution is 5.36. The average molecular weight is 180 g/mol. The molecule has 0 unspecified atom stereocenters. The van der Waals surface area contributed by atoms with Gasteiger partial charge in [0.05, 0.1) is 12.3 Å². The second-order valence-electron chi connectivity index (χ2n) is 2.78. The van der Waals surface area contributed by atoms with Crippen molar-refractivity contribution in [3.8, 4) is 11.8 Å². The Hall–Kier alpha value is -1.63. The van der Waals surface area contributed by atoms with Crippen LogP contribution in [0.25, 0.3) is 0 Å². The van der Waals surface area contributed by atoms with E-state index in [4.69, 9.17) is 10.00 Å². The molecule has 0 radical (unpaired) electrons. The van der Waals surface area contributed by atoms with Crippen molar-refractivity contribution in [2.45, 2.75) is 20.0 Å². The van der Waals surface area contributed by atoms with E-state index in [9.17, 15) is 4.39 Å². The van der Waals surface area contributed by atoms with Gasteiger partial charge in [0.25, 0.3) is 0 Å². The molecule has 0 bridgehead atoms. The third-order valence-electron chi connectivity index (χ3n) is 1.29. The maximum atomic E-state index is 12.7. The molecule has 0 aromatic carbocycles. The molecule has 1 aromatic rings. The van der Waals surface area contributed by atoms with Crippen molar-refractivity contribution in [1.29, 1.82) is 5.26 Å². The Morgan fingerprint density at radius 1 is 1.62 bits per heavy atom. The minimum absolute atomic E-state index is 0.101. The van der Waals surface area contributed by atoms with Crippen molar-refractivity contribution >= 4 is 0 Å². The Balaban J connectivity index is 3.03. The van der Waals surface area contributed by atoms with Gasteiger partial charge in [0, 0.05) is 6.07 Å². The second-order valence-corrected chi connectivity index (χ2v) is 2.78. The number of nitriles is 1. The maximum Gasteiger partial charge on any atom is 0.182 e. The summed E-state index contributed by atoms with van der Waals surface area (Å²) < 4.78 is 17.9. The van der Waals surface area contributed by atoms with Gasteiger partial charge < -0.3 is 4.74 Å². The van der Waals surface area contributed by atoms with E-state index in [1.807, 2.05) is 6.07 Å². The van der Waals surface area contributed by atoms with E-state index in [0.717, 1.165) is 12.3 Å². The van der Waals surface area contributed by atoms with Crippen LogP contribution in [0.3, 0.4) is 0 Å². The van der Waals surface area contributed by atoms with Gasteiger partial charge in [-0.25, -0.2) is 9.37 Å². The molecule has 0 N–H and O–H groups in total. The van der Waals surface area contributed by atoms with Crippen LogP contribution in [0.15, 0.2) is 12.3 Å². The fourth-order valence-electron chi connectivity index (χ4n) is 0.848. The number of hydrogen-bond donors (Lipinski definition) is 0. The molecule has 0 aliphatic heterocycles. The van der Waals surface area contributed by atoms with Crippen molar-refractivity contribution in [1.82, 2.24) is 4.98 Å². The summed E-state index contributed by atoms with van der Waals surface area (Å²) in [6, 6.07) is 2.98. The van der Waals surface area contributed by atoms with Crippen LogP contribution >= 0.6 is 0 Å². The lowest BCUT2D eigenvalue weighted by molar-refractivity contribution is 0.239. The SMILES string of the molecule is CC(C)Oc1cc(F)cnc1C#N. The van der Waals surface area contributed by atoms with Crippen LogP contribution in [0.2, 0.25) is 0 Å². The van der Waals surface area contributed by atoms with E-state index in [2.05, 4.69) is 4.98 Å². The van der Waals surface area contributed by atoms with Crippen LogP contribution in [-0.2, 0) is 0 Å². The van der Waals surface area contributed by atoms with Crippen LogP contribution in [-0.4, -0.2) is 11.1 Å². The molecule has 1 rings (SSSR count). The van der Waals surface area contributed by atoms with Gasteiger partial charge in [-0.05, 0) is 13.8 Å². The minimum Gasteiger partial charge on any atom is -0.488 e. The largest absolute Gasteiger partial charge is 0.488 e. The van der Waals surface area contributed by atoms with E-state index < -0.39 is 5.82 Å². The van der Waals surface area contributed by atoms with Crippen molar-refractivity contribution in [2.24, 2.45) is 0 Å². The highest BCUT2D eigenvalue weighted by atomic mass is 19.1. The van der Waals surface area contributed by atoms with Gasteiger partial charge in [-0.15, -0.1) is 0 Å². The first-order valence-corrected chi connectivity index (χ1v) is 3.85. The maximum absolute atomic E-state index is 12.7. The Morgan fingerprint density at radius 3 is 2.85 bits per heavy atom. The molecule has 0 spiro atoms. The quantitative estimate of drug-likeness (QED) is 0.698. The average Bonchev–Trinajstić information content (AvgIpc) is 2.03. The summed E-state index contributed by atoms with van der Waals surface area (Å²) in [6.45, 7) is 3.60. The number of pyridine rings is 1. The molecule has 13 heavy (non-hydrogen) atoms. The zero-order valence-electron chi connectivity index (χ0n) is 7.41. The molecule has 0 aliphatic carbocycles. The predicted octanol–water partition coefficient (Wildman–Crippen LogP) is 1.88. The van der Waals surface area contributed by atoms with Crippen LogP contribution in [0, 0.1) is 17.1 Å². The molecule has 4 heteroatoms. The topological polar surface area (TPSA) is 45.9 Å². The number of nitrogens with zero attached hydrogens (tertiary/aromatic N) is 2. The molecule has 1 heterocycles. The van der Waals surface area contributed by atoms with Gasteiger partial charge in [-0.3, -0.25) is 0 Å². The summed E-state index contributed by atoms with van der Waals surface area (Å²) >= 11 is 0. The fourth-order valence-corrected chi connectivity index (χ4v) is 0.848. The standard InChI is InChI=1S/C9H9FN2O/c1-6(2)13-9-3-7(10)5-12-8(9)4-11/h3,5-6H,1-2H3. The smallest absolute Gasteiger partial charge is 0.182 e. The first kappa shape index (κ1) is 9.46. The molecule has 0 saturated heterocycles. The molecule has 0 atom stereocenters. The molecule has 3 nitrogen and oxygen atoms in total. The van der Waals surface area contributed by atoms with Gasteiger partial charge >= 0.3 is 0 Å². The molecule has 68 valence electrons. The molecular weight excluding hydrogens is 171 g/mol. The first-order chi connectivity index (χ1) is 6.13. The van der Waals surface area contributed by atoms with E-state index in [1.165, 1.54) is 0 Å². The zero-order chi connectivity index (χ0) is 9.84. The molecular formula is C9H9FN2O. The van der Waals surface area contributed by atoms with Gasteiger partial charge in [0.15, 0.2) is 11.4 Å². The van der Waals surface area contributed by atoms with Crippen molar-refractivity contribution in [3.63, 3.8) is 0 Å². The number of hydrogen-bond acceptors (Lipinski definition) is 3. The molecule has 1 aromatic heterocycles. The van der Waals surface area contributed by atoms with Crippen LogP contribution in [0.4, 0.5) is 4.39 Å². The highest BCUT2D eigenvalue weighted by Gasteiger charge is 2.07. The second kappa shape index (κ2) is 3.85. The molecule has 0 fully saturated rings. The van der Waals surface area contributed by atoms with Gasteiger partial charge in [0.2, 0.25) is 0 Å².